The third-order valence-corrected chi connectivity index (χ3v) is 3.20. The highest BCUT2D eigenvalue weighted by molar-refractivity contribution is 5.16. The van der Waals surface area contributed by atoms with Gasteiger partial charge in [-0.1, -0.05) is 62.9 Å². The molecule has 1 aromatic carbocycles. The van der Waals surface area contributed by atoms with Gasteiger partial charge in [-0.3, -0.25) is 0 Å². The van der Waals surface area contributed by atoms with E-state index in [1.54, 1.807) is 0 Å². The van der Waals surface area contributed by atoms with Crippen molar-refractivity contribution in [2.24, 2.45) is 0 Å². The molecule has 1 heterocycles. The Labute approximate surface area is 104 Å². The van der Waals surface area contributed by atoms with Gasteiger partial charge in [-0.25, -0.2) is 0 Å². The Bertz CT molecular complexity index is 310. The van der Waals surface area contributed by atoms with Crippen molar-refractivity contribution >= 4 is 0 Å². The topological polar surface area (TPSA) is 18.5 Å². The molecule has 1 aliphatic heterocycles. The van der Waals surface area contributed by atoms with Crippen LogP contribution in [0.4, 0.5) is 0 Å². The predicted molar refractivity (Wildman–Crippen MR) is 68.8 cm³/mol. The van der Waals surface area contributed by atoms with Gasteiger partial charge < -0.3 is 9.47 Å². The molecule has 1 saturated heterocycles. The summed E-state index contributed by atoms with van der Waals surface area (Å²) in [4.78, 5) is 0. The molecule has 2 heteroatoms. The normalized spacial score (nSPS) is 24.1. The lowest BCUT2D eigenvalue weighted by Gasteiger charge is -2.11. The lowest BCUT2D eigenvalue weighted by Crippen LogP contribution is -2.09. The zero-order chi connectivity index (χ0) is 11.9. The van der Waals surface area contributed by atoms with Gasteiger partial charge in [-0.2, -0.15) is 0 Å². The molecule has 1 aromatic rings. The summed E-state index contributed by atoms with van der Waals surface area (Å²) < 4.78 is 11.6. The van der Waals surface area contributed by atoms with Gasteiger partial charge in [0, 0.05) is 5.56 Å². The van der Waals surface area contributed by atoms with Gasteiger partial charge in [0.05, 0.1) is 12.7 Å². The quantitative estimate of drug-likeness (QED) is 0.691. The smallest absolute Gasteiger partial charge is 0.184 e. The average molecular weight is 234 g/mol. The first kappa shape index (κ1) is 12.6. The largest absolute Gasteiger partial charge is 0.346 e. The second-order valence-corrected chi connectivity index (χ2v) is 4.68. The molecule has 0 spiro atoms. The maximum atomic E-state index is 5.91. The van der Waals surface area contributed by atoms with E-state index in [0.29, 0.717) is 0 Å². The molecule has 0 aromatic heterocycles. The lowest BCUT2D eigenvalue weighted by molar-refractivity contribution is -0.0613. The third-order valence-electron chi connectivity index (χ3n) is 3.20. The summed E-state index contributed by atoms with van der Waals surface area (Å²) in [6.45, 7) is 2.98. The highest BCUT2D eigenvalue weighted by Crippen LogP contribution is 2.28. The Morgan fingerprint density at radius 3 is 2.71 bits per heavy atom. The van der Waals surface area contributed by atoms with Crippen molar-refractivity contribution in [3.05, 3.63) is 35.9 Å². The fourth-order valence-electron chi connectivity index (χ4n) is 2.18. The van der Waals surface area contributed by atoms with Crippen LogP contribution in [-0.2, 0) is 9.47 Å². The van der Waals surface area contributed by atoms with Crippen LogP contribution in [0.5, 0.6) is 0 Å². The second kappa shape index (κ2) is 6.77. The van der Waals surface area contributed by atoms with Gasteiger partial charge >= 0.3 is 0 Å². The standard InChI is InChI=1S/C15H22O2/c1-2-3-4-8-11-14-12-16-15(17-14)13-9-6-5-7-10-13/h5-7,9-10,14-15H,2-4,8,11-12H2,1H3. The van der Waals surface area contributed by atoms with Gasteiger partial charge in [0.25, 0.3) is 0 Å². The fraction of sp³-hybridized carbons (Fsp3) is 0.600. The van der Waals surface area contributed by atoms with Crippen molar-refractivity contribution in [3.8, 4) is 0 Å². The maximum absolute atomic E-state index is 5.91. The van der Waals surface area contributed by atoms with Crippen LogP contribution >= 0.6 is 0 Å². The van der Waals surface area contributed by atoms with Crippen LogP contribution in [0.3, 0.4) is 0 Å². The molecule has 0 aliphatic carbocycles. The molecule has 1 aliphatic rings. The van der Waals surface area contributed by atoms with Crippen LogP contribution in [-0.4, -0.2) is 12.7 Å². The molecular weight excluding hydrogens is 212 g/mol. The average Bonchev–Trinajstić information content (AvgIpc) is 2.85. The summed E-state index contributed by atoms with van der Waals surface area (Å²) >= 11 is 0. The van der Waals surface area contributed by atoms with E-state index in [0.717, 1.165) is 18.6 Å². The van der Waals surface area contributed by atoms with E-state index >= 15 is 0 Å². The van der Waals surface area contributed by atoms with Crippen molar-refractivity contribution < 1.29 is 9.47 Å². The molecule has 2 nitrogen and oxygen atoms in total. The highest BCUT2D eigenvalue weighted by atomic mass is 16.7. The van der Waals surface area contributed by atoms with E-state index < -0.39 is 0 Å². The minimum atomic E-state index is -0.146. The van der Waals surface area contributed by atoms with E-state index in [9.17, 15) is 0 Å². The number of hydrogen-bond acceptors (Lipinski definition) is 2. The van der Waals surface area contributed by atoms with Crippen LogP contribution in [0.25, 0.3) is 0 Å². The highest BCUT2D eigenvalue weighted by Gasteiger charge is 2.26. The van der Waals surface area contributed by atoms with Crippen molar-refractivity contribution in [1.29, 1.82) is 0 Å². The van der Waals surface area contributed by atoms with Crippen LogP contribution in [0.1, 0.15) is 50.9 Å². The Balaban J connectivity index is 1.72. The summed E-state index contributed by atoms with van der Waals surface area (Å²) in [6, 6.07) is 10.2. The monoisotopic (exact) mass is 234 g/mol. The molecule has 1 fully saturated rings. The summed E-state index contributed by atoms with van der Waals surface area (Å²) in [5.41, 5.74) is 1.13. The minimum Gasteiger partial charge on any atom is -0.346 e. The summed E-state index contributed by atoms with van der Waals surface area (Å²) in [5.74, 6) is 0. The molecule has 17 heavy (non-hydrogen) atoms. The summed E-state index contributed by atoms with van der Waals surface area (Å²) in [7, 11) is 0. The van der Waals surface area contributed by atoms with E-state index in [2.05, 4.69) is 19.1 Å². The minimum absolute atomic E-state index is 0.146. The number of rotatable bonds is 6. The second-order valence-electron chi connectivity index (χ2n) is 4.68. The van der Waals surface area contributed by atoms with Gasteiger partial charge in [-0.05, 0) is 6.42 Å². The van der Waals surface area contributed by atoms with E-state index in [-0.39, 0.29) is 12.4 Å². The predicted octanol–water partition coefficient (Wildman–Crippen LogP) is 4.07. The molecule has 0 radical (unpaired) electrons. The summed E-state index contributed by atoms with van der Waals surface area (Å²) in [6.07, 6.45) is 6.45. The van der Waals surface area contributed by atoms with Crippen LogP contribution in [0, 0.1) is 0 Å². The molecule has 0 amide bonds. The number of benzene rings is 1. The molecule has 94 valence electrons. The Morgan fingerprint density at radius 2 is 1.94 bits per heavy atom. The van der Waals surface area contributed by atoms with Crippen molar-refractivity contribution in [2.45, 2.75) is 51.4 Å². The van der Waals surface area contributed by atoms with Crippen molar-refractivity contribution in [2.75, 3.05) is 6.61 Å². The van der Waals surface area contributed by atoms with E-state index in [4.69, 9.17) is 9.47 Å². The first-order chi connectivity index (χ1) is 8.40. The first-order valence-corrected chi connectivity index (χ1v) is 6.72. The SMILES string of the molecule is CCCCCCC1COC(c2ccccc2)O1. The van der Waals surface area contributed by atoms with Gasteiger partial charge in [0.2, 0.25) is 0 Å². The number of hydrogen-bond donors (Lipinski definition) is 0. The van der Waals surface area contributed by atoms with Crippen molar-refractivity contribution in [1.82, 2.24) is 0 Å². The Hall–Kier alpha value is -0.860. The van der Waals surface area contributed by atoms with E-state index in [1.807, 2.05) is 18.2 Å². The molecule has 0 saturated carbocycles. The maximum Gasteiger partial charge on any atom is 0.184 e. The van der Waals surface area contributed by atoms with Crippen LogP contribution < -0.4 is 0 Å². The number of ether oxygens (including phenoxy) is 2. The molecule has 0 N–H and O–H groups in total. The molecule has 2 rings (SSSR count). The molecule has 2 atom stereocenters. The van der Waals surface area contributed by atoms with Crippen LogP contribution in [0.2, 0.25) is 0 Å². The third kappa shape index (κ3) is 3.83. The van der Waals surface area contributed by atoms with Crippen LogP contribution in [0.15, 0.2) is 30.3 Å². The Kier molecular flexibility index (Phi) is 5.02. The molecule has 2 unspecified atom stereocenters. The molecular formula is C15H22O2. The summed E-state index contributed by atoms with van der Waals surface area (Å²) in [5, 5.41) is 0. The fourth-order valence-corrected chi connectivity index (χ4v) is 2.18. The first-order valence-electron chi connectivity index (χ1n) is 6.72. The lowest BCUT2D eigenvalue weighted by atomic mass is 10.1. The molecule has 0 bridgehead atoms. The van der Waals surface area contributed by atoms with Gasteiger partial charge in [0.1, 0.15) is 0 Å². The van der Waals surface area contributed by atoms with Crippen molar-refractivity contribution in [3.63, 3.8) is 0 Å². The van der Waals surface area contributed by atoms with Gasteiger partial charge in [0.15, 0.2) is 6.29 Å². The zero-order valence-electron chi connectivity index (χ0n) is 10.6. The number of unbranched alkanes of at least 4 members (excludes halogenated alkanes) is 3. The zero-order valence-corrected chi connectivity index (χ0v) is 10.6. The van der Waals surface area contributed by atoms with E-state index in [1.165, 1.54) is 25.7 Å². The van der Waals surface area contributed by atoms with Gasteiger partial charge in [-0.15, -0.1) is 0 Å². The Morgan fingerprint density at radius 1 is 1.12 bits per heavy atom.